The zero-order chi connectivity index (χ0) is 18.5. The molecule has 1 saturated heterocycles. The van der Waals surface area contributed by atoms with Crippen molar-refractivity contribution in [3.8, 4) is 0 Å². The molecule has 27 heavy (non-hydrogen) atoms. The van der Waals surface area contributed by atoms with Crippen molar-refractivity contribution >= 4 is 22.6 Å². The van der Waals surface area contributed by atoms with Crippen LogP contribution < -0.4 is 10.6 Å². The number of carbonyl (C=O) groups excluding carboxylic acids is 1. The largest absolute Gasteiger partial charge is 0.336 e. The van der Waals surface area contributed by atoms with Gasteiger partial charge in [0.05, 0.1) is 23.4 Å². The van der Waals surface area contributed by atoms with Gasteiger partial charge < -0.3 is 10.6 Å². The van der Waals surface area contributed by atoms with E-state index in [2.05, 4.69) is 44.8 Å². The molecule has 138 valence electrons. The number of likely N-dealkylation sites (tertiary alicyclic amines) is 1. The van der Waals surface area contributed by atoms with E-state index in [1.54, 1.807) is 6.20 Å². The standard InChI is InChI=1S/C22H24N4O/c27-22(25-19-14-18-10-4-5-11-20(18)23-15-19)24-16-21(26-12-6-7-13-26)17-8-2-1-3-9-17/h1-5,8-11,14-15,21H,6-7,12-13,16H2,(H2,24,25,27)/t21-/m1/s1. The van der Waals surface area contributed by atoms with Crippen LogP contribution in [0.5, 0.6) is 0 Å². The summed E-state index contributed by atoms with van der Waals surface area (Å²) in [5.41, 5.74) is 2.86. The summed E-state index contributed by atoms with van der Waals surface area (Å²) in [6.07, 6.45) is 4.13. The molecule has 1 fully saturated rings. The molecule has 1 aliphatic rings. The Kier molecular flexibility index (Phi) is 5.30. The molecular weight excluding hydrogens is 336 g/mol. The fourth-order valence-corrected chi connectivity index (χ4v) is 3.69. The highest BCUT2D eigenvalue weighted by Crippen LogP contribution is 2.24. The molecule has 2 heterocycles. The number of rotatable bonds is 5. The molecule has 5 nitrogen and oxygen atoms in total. The van der Waals surface area contributed by atoms with E-state index in [4.69, 9.17) is 0 Å². The van der Waals surface area contributed by atoms with Crippen molar-refractivity contribution < 1.29 is 4.79 Å². The van der Waals surface area contributed by atoms with Gasteiger partial charge in [-0.15, -0.1) is 0 Å². The molecule has 0 aliphatic carbocycles. The van der Waals surface area contributed by atoms with Crippen LogP contribution >= 0.6 is 0 Å². The molecule has 0 radical (unpaired) electrons. The van der Waals surface area contributed by atoms with Gasteiger partial charge in [-0.05, 0) is 43.6 Å². The summed E-state index contributed by atoms with van der Waals surface area (Å²) in [5, 5.41) is 6.94. The minimum absolute atomic E-state index is 0.202. The zero-order valence-corrected chi connectivity index (χ0v) is 15.3. The van der Waals surface area contributed by atoms with Crippen LogP contribution in [-0.4, -0.2) is 35.5 Å². The first kappa shape index (κ1) is 17.5. The fourth-order valence-electron chi connectivity index (χ4n) is 3.69. The summed E-state index contributed by atoms with van der Waals surface area (Å²) in [4.78, 5) is 19.3. The zero-order valence-electron chi connectivity index (χ0n) is 15.3. The minimum Gasteiger partial charge on any atom is -0.336 e. The first-order valence-electron chi connectivity index (χ1n) is 9.48. The molecule has 2 aromatic carbocycles. The summed E-state index contributed by atoms with van der Waals surface area (Å²) < 4.78 is 0. The Labute approximate surface area is 159 Å². The van der Waals surface area contributed by atoms with E-state index >= 15 is 0 Å². The smallest absolute Gasteiger partial charge is 0.319 e. The summed E-state index contributed by atoms with van der Waals surface area (Å²) in [6.45, 7) is 2.74. The van der Waals surface area contributed by atoms with Gasteiger partial charge in [-0.25, -0.2) is 4.79 Å². The molecule has 0 spiro atoms. The number of urea groups is 1. The lowest BCUT2D eigenvalue weighted by molar-refractivity contribution is 0.227. The van der Waals surface area contributed by atoms with Crippen molar-refractivity contribution in [1.29, 1.82) is 0 Å². The summed E-state index contributed by atoms with van der Waals surface area (Å²) >= 11 is 0. The second-order valence-electron chi connectivity index (χ2n) is 6.92. The van der Waals surface area contributed by atoms with Gasteiger partial charge in [0.2, 0.25) is 0 Å². The predicted molar refractivity (Wildman–Crippen MR) is 109 cm³/mol. The van der Waals surface area contributed by atoms with E-state index in [0.717, 1.165) is 24.0 Å². The van der Waals surface area contributed by atoms with Crippen LogP contribution in [0.15, 0.2) is 66.9 Å². The van der Waals surface area contributed by atoms with Crippen molar-refractivity contribution in [2.45, 2.75) is 18.9 Å². The van der Waals surface area contributed by atoms with E-state index in [-0.39, 0.29) is 12.1 Å². The maximum absolute atomic E-state index is 12.4. The predicted octanol–water partition coefficient (Wildman–Crippen LogP) is 4.19. The van der Waals surface area contributed by atoms with Gasteiger partial charge in [0.1, 0.15) is 0 Å². The van der Waals surface area contributed by atoms with Gasteiger partial charge in [0.15, 0.2) is 0 Å². The van der Waals surface area contributed by atoms with Gasteiger partial charge in [0, 0.05) is 11.9 Å². The molecule has 1 aromatic heterocycles. The van der Waals surface area contributed by atoms with Gasteiger partial charge in [-0.2, -0.15) is 0 Å². The summed E-state index contributed by atoms with van der Waals surface area (Å²) in [5.74, 6) is 0. The number of pyridine rings is 1. The first-order valence-corrected chi connectivity index (χ1v) is 9.48. The van der Waals surface area contributed by atoms with Crippen LogP contribution in [-0.2, 0) is 0 Å². The monoisotopic (exact) mass is 360 g/mol. The Morgan fingerprint density at radius 1 is 1.04 bits per heavy atom. The molecule has 1 aliphatic heterocycles. The number of nitrogens with zero attached hydrogens (tertiary/aromatic N) is 2. The van der Waals surface area contributed by atoms with Crippen LogP contribution in [0, 0.1) is 0 Å². The van der Waals surface area contributed by atoms with Crippen LogP contribution in [0.25, 0.3) is 10.9 Å². The lowest BCUT2D eigenvalue weighted by Crippen LogP contribution is -2.38. The third kappa shape index (κ3) is 4.26. The first-order chi connectivity index (χ1) is 13.3. The molecule has 0 unspecified atom stereocenters. The highest BCUT2D eigenvalue weighted by atomic mass is 16.2. The number of hydrogen-bond donors (Lipinski definition) is 2. The lowest BCUT2D eigenvalue weighted by Gasteiger charge is -2.28. The molecule has 3 aromatic rings. The second kappa shape index (κ2) is 8.18. The average molecular weight is 360 g/mol. The van der Waals surface area contributed by atoms with Crippen molar-refractivity contribution in [2.24, 2.45) is 0 Å². The number of anilines is 1. The van der Waals surface area contributed by atoms with E-state index in [1.807, 2.05) is 36.4 Å². The Hall–Kier alpha value is -2.92. The molecule has 5 heteroatoms. The Morgan fingerprint density at radius 3 is 2.59 bits per heavy atom. The van der Waals surface area contributed by atoms with Crippen LogP contribution in [0.2, 0.25) is 0 Å². The molecule has 2 amide bonds. The topological polar surface area (TPSA) is 57.3 Å². The number of carbonyl (C=O) groups is 1. The van der Waals surface area contributed by atoms with Crippen molar-refractivity contribution in [3.63, 3.8) is 0 Å². The van der Waals surface area contributed by atoms with E-state index in [1.165, 1.54) is 18.4 Å². The number of fused-ring (bicyclic) bond motifs is 1. The molecular formula is C22H24N4O. The number of aromatic nitrogens is 1. The number of benzene rings is 2. The maximum atomic E-state index is 12.4. The minimum atomic E-state index is -0.202. The second-order valence-corrected chi connectivity index (χ2v) is 6.92. The number of hydrogen-bond acceptors (Lipinski definition) is 3. The van der Waals surface area contributed by atoms with E-state index < -0.39 is 0 Å². The molecule has 2 N–H and O–H groups in total. The average Bonchev–Trinajstić information content (AvgIpc) is 3.23. The lowest BCUT2D eigenvalue weighted by atomic mass is 10.1. The highest BCUT2D eigenvalue weighted by Gasteiger charge is 2.23. The molecule has 0 bridgehead atoms. The molecule has 1 atom stereocenters. The number of nitrogens with one attached hydrogen (secondary N) is 2. The van der Waals surface area contributed by atoms with Crippen LogP contribution in [0.3, 0.4) is 0 Å². The molecule has 0 saturated carbocycles. The highest BCUT2D eigenvalue weighted by molar-refractivity contribution is 5.91. The maximum Gasteiger partial charge on any atom is 0.319 e. The SMILES string of the molecule is O=C(NC[C@H](c1ccccc1)N1CCCC1)Nc1cnc2ccccc2c1. The summed E-state index contributed by atoms with van der Waals surface area (Å²) in [6, 6.07) is 20.2. The van der Waals surface area contributed by atoms with Crippen molar-refractivity contribution in [1.82, 2.24) is 15.2 Å². The number of para-hydroxylation sites is 1. The Bertz CT molecular complexity index is 906. The quantitative estimate of drug-likeness (QED) is 0.717. The third-order valence-electron chi connectivity index (χ3n) is 5.07. The van der Waals surface area contributed by atoms with Crippen LogP contribution in [0.4, 0.5) is 10.5 Å². The van der Waals surface area contributed by atoms with Gasteiger partial charge in [-0.1, -0.05) is 48.5 Å². The normalized spacial score (nSPS) is 15.6. The Balaban J connectivity index is 1.41. The van der Waals surface area contributed by atoms with Gasteiger partial charge in [-0.3, -0.25) is 9.88 Å². The number of amides is 2. The van der Waals surface area contributed by atoms with Crippen LogP contribution in [0.1, 0.15) is 24.4 Å². The molecule has 4 rings (SSSR count). The van der Waals surface area contributed by atoms with E-state index in [9.17, 15) is 4.79 Å². The van der Waals surface area contributed by atoms with Crippen molar-refractivity contribution in [2.75, 3.05) is 25.0 Å². The third-order valence-corrected chi connectivity index (χ3v) is 5.07. The summed E-state index contributed by atoms with van der Waals surface area (Å²) in [7, 11) is 0. The van der Waals surface area contributed by atoms with Gasteiger partial charge >= 0.3 is 6.03 Å². The fraction of sp³-hybridized carbons (Fsp3) is 0.273. The van der Waals surface area contributed by atoms with Gasteiger partial charge in [0.25, 0.3) is 0 Å². The van der Waals surface area contributed by atoms with Crippen molar-refractivity contribution in [3.05, 3.63) is 72.4 Å². The van der Waals surface area contributed by atoms with E-state index in [0.29, 0.717) is 12.2 Å². The Morgan fingerprint density at radius 2 is 1.78 bits per heavy atom.